The number of sulfonamides is 1. The molecular formula is C16H22ClN3O4S. The lowest BCUT2D eigenvalue weighted by Gasteiger charge is -2.26. The van der Waals surface area contributed by atoms with E-state index in [2.05, 4.69) is 5.32 Å². The van der Waals surface area contributed by atoms with E-state index in [9.17, 15) is 18.0 Å². The average Bonchev–Trinajstić information content (AvgIpc) is 2.60. The van der Waals surface area contributed by atoms with Crippen molar-refractivity contribution in [3.63, 3.8) is 0 Å². The highest BCUT2D eigenvalue weighted by molar-refractivity contribution is 7.89. The van der Waals surface area contributed by atoms with E-state index >= 15 is 0 Å². The predicted molar refractivity (Wildman–Crippen MR) is 95.1 cm³/mol. The SMILES string of the molecule is CN(C)C(=O)CNC(=O)c1ccc(Cl)c(S(=O)(=O)N2CCCCC2)c1. The molecule has 1 aliphatic heterocycles. The smallest absolute Gasteiger partial charge is 0.251 e. The number of amides is 2. The Bertz CT molecular complexity index is 759. The normalized spacial score (nSPS) is 15.6. The first kappa shape index (κ1) is 19.7. The summed E-state index contributed by atoms with van der Waals surface area (Å²) in [6, 6.07) is 4.09. The van der Waals surface area contributed by atoms with E-state index in [0.717, 1.165) is 19.3 Å². The highest BCUT2D eigenvalue weighted by Gasteiger charge is 2.28. The minimum atomic E-state index is -3.75. The molecule has 25 heavy (non-hydrogen) atoms. The number of nitrogens with one attached hydrogen (secondary N) is 1. The Labute approximate surface area is 153 Å². The van der Waals surface area contributed by atoms with Gasteiger partial charge in [-0.2, -0.15) is 4.31 Å². The Morgan fingerprint density at radius 1 is 1.20 bits per heavy atom. The lowest BCUT2D eigenvalue weighted by Crippen LogP contribution is -2.37. The van der Waals surface area contributed by atoms with Crippen molar-refractivity contribution >= 4 is 33.4 Å². The van der Waals surface area contributed by atoms with Crippen molar-refractivity contribution in [3.8, 4) is 0 Å². The zero-order valence-electron chi connectivity index (χ0n) is 14.3. The monoisotopic (exact) mass is 387 g/mol. The number of likely N-dealkylation sites (N-methyl/N-ethyl adjacent to an activating group) is 1. The molecule has 138 valence electrons. The molecule has 9 heteroatoms. The fraction of sp³-hybridized carbons (Fsp3) is 0.500. The summed E-state index contributed by atoms with van der Waals surface area (Å²) >= 11 is 6.08. The largest absolute Gasteiger partial charge is 0.347 e. The van der Waals surface area contributed by atoms with Gasteiger partial charge in [-0.15, -0.1) is 0 Å². The van der Waals surface area contributed by atoms with Crippen molar-refractivity contribution in [2.24, 2.45) is 0 Å². The van der Waals surface area contributed by atoms with Gasteiger partial charge < -0.3 is 10.2 Å². The van der Waals surface area contributed by atoms with Gasteiger partial charge in [0, 0.05) is 32.7 Å². The lowest BCUT2D eigenvalue weighted by atomic mass is 10.2. The maximum Gasteiger partial charge on any atom is 0.251 e. The van der Waals surface area contributed by atoms with Crippen molar-refractivity contribution in [1.29, 1.82) is 0 Å². The van der Waals surface area contributed by atoms with Crippen molar-refractivity contribution < 1.29 is 18.0 Å². The summed E-state index contributed by atoms with van der Waals surface area (Å²) in [6.45, 7) is 0.738. The van der Waals surface area contributed by atoms with Crippen LogP contribution in [0.3, 0.4) is 0 Å². The average molecular weight is 388 g/mol. The van der Waals surface area contributed by atoms with E-state index < -0.39 is 15.9 Å². The van der Waals surface area contributed by atoms with E-state index in [1.807, 2.05) is 0 Å². The molecule has 0 atom stereocenters. The van der Waals surface area contributed by atoms with Crippen LogP contribution in [-0.4, -0.2) is 63.2 Å². The number of hydrogen-bond donors (Lipinski definition) is 1. The fourth-order valence-electron chi connectivity index (χ4n) is 2.50. The molecule has 0 radical (unpaired) electrons. The Morgan fingerprint density at radius 3 is 2.44 bits per heavy atom. The van der Waals surface area contributed by atoms with Crippen LogP contribution in [0.2, 0.25) is 5.02 Å². The van der Waals surface area contributed by atoms with Crippen LogP contribution in [0.25, 0.3) is 0 Å². The van der Waals surface area contributed by atoms with Gasteiger partial charge in [0.1, 0.15) is 4.90 Å². The molecule has 1 heterocycles. The molecule has 0 aliphatic carbocycles. The predicted octanol–water partition coefficient (Wildman–Crippen LogP) is 1.33. The van der Waals surface area contributed by atoms with Gasteiger partial charge in [-0.25, -0.2) is 8.42 Å². The van der Waals surface area contributed by atoms with Crippen LogP contribution < -0.4 is 5.32 Å². The summed E-state index contributed by atoms with van der Waals surface area (Å²) in [7, 11) is -0.580. The Kier molecular flexibility index (Phi) is 6.42. The van der Waals surface area contributed by atoms with Crippen LogP contribution in [0.15, 0.2) is 23.1 Å². The van der Waals surface area contributed by atoms with E-state index in [0.29, 0.717) is 13.1 Å². The second kappa shape index (κ2) is 8.16. The second-order valence-electron chi connectivity index (χ2n) is 6.08. The van der Waals surface area contributed by atoms with Gasteiger partial charge in [0.05, 0.1) is 11.6 Å². The molecule has 0 unspecified atom stereocenters. The number of halogens is 1. The van der Waals surface area contributed by atoms with Crippen LogP contribution >= 0.6 is 11.6 Å². The number of piperidine rings is 1. The van der Waals surface area contributed by atoms with Gasteiger partial charge in [-0.1, -0.05) is 18.0 Å². The number of carbonyl (C=O) groups excluding carboxylic acids is 2. The molecular weight excluding hydrogens is 366 g/mol. The third-order valence-electron chi connectivity index (χ3n) is 4.03. The quantitative estimate of drug-likeness (QED) is 0.825. The zero-order valence-corrected chi connectivity index (χ0v) is 15.9. The van der Waals surface area contributed by atoms with Gasteiger partial charge in [-0.05, 0) is 31.0 Å². The van der Waals surface area contributed by atoms with Crippen molar-refractivity contribution in [1.82, 2.24) is 14.5 Å². The molecule has 0 spiro atoms. The summed E-state index contributed by atoms with van der Waals surface area (Å²) in [6.07, 6.45) is 2.62. The maximum atomic E-state index is 12.8. The van der Waals surface area contributed by atoms with E-state index in [1.54, 1.807) is 14.1 Å². The first-order valence-electron chi connectivity index (χ1n) is 8.01. The Balaban J connectivity index is 2.22. The van der Waals surface area contributed by atoms with Crippen LogP contribution in [0.5, 0.6) is 0 Å². The fourth-order valence-corrected chi connectivity index (χ4v) is 4.52. The third kappa shape index (κ3) is 4.71. The molecule has 2 amide bonds. The zero-order chi connectivity index (χ0) is 18.6. The number of benzene rings is 1. The third-order valence-corrected chi connectivity index (χ3v) is 6.41. The number of nitrogens with zero attached hydrogens (tertiary/aromatic N) is 2. The van der Waals surface area contributed by atoms with Gasteiger partial charge >= 0.3 is 0 Å². The molecule has 1 N–H and O–H groups in total. The highest BCUT2D eigenvalue weighted by atomic mass is 35.5. The maximum absolute atomic E-state index is 12.8. The topological polar surface area (TPSA) is 86.8 Å². The standard InChI is InChI=1S/C16H22ClN3O4S/c1-19(2)15(21)11-18-16(22)12-6-7-13(17)14(10-12)25(23,24)20-8-4-3-5-9-20/h6-7,10H,3-5,8-9,11H2,1-2H3,(H,18,22). The summed E-state index contributed by atoms with van der Waals surface area (Å²) in [5.74, 6) is -0.787. The molecule has 0 saturated carbocycles. The van der Waals surface area contributed by atoms with E-state index in [4.69, 9.17) is 11.6 Å². The number of hydrogen-bond acceptors (Lipinski definition) is 4. The van der Waals surface area contributed by atoms with Crippen LogP contribution in [0.1, 0.15) is 29.6 Å². The van der Waals surface area contributed by atoms with Crippen molar-refractivity contribution in [2.75, 3.05) is 33.7 Å². The minimum absolute atomic E-state index is 0.0755. The van der Waals surface area contributed by atoms with E-state index in [-0.39, 0.29) is 27.9 Å². The summed E-state index contributed by atoms with van der Waals surface area (Å²) < 4.78 is 27.0. The van der Waals surface area contributed by atoms with Crippen LogP contribution in [0, 0.1) is 0 Å². The first-order chi connectivity index (χ1) is 11.7. The lowest BCUT2D eigenvalue weighted by molar-refractivity contribution is -0.127. The summed E-state index contributed by atoms with van der Waals surface area (Å²) in [5, 5.41) is 2.55. The van der Waals surface area contributed by atoms with Gasteiger partial charge in [-0.3, -0.25) is 9.59 Å². The highest BCUT2D eigenvalue weighted by Crippen LogP contribution is 2.27. The molecule has 1 fully saturated rings. The second-order valence-corrected chi connectivity index (χ2v) is 8.39. The molecule has 1 aliphatic rings. The van der Waals surface area contributed by atoms with Crippen molar-refractivity contribution in [2.45, 2.75) is 24.2 Å². The summed E-state index contributed by atoms with van der Waals surface area (Å²) in [4.78, 5) is 25.0. The number of carbonyl (C=O) groups is 2. The molecule has 1 saturated heterocycles. The Morgan fingerprint density at radius 2 is 1.84 bits per heavy atom. The number of rotatable bonds is 5. The molecule has 1 aromatic rings. The van der Waals surface area contributed by atoms with Crippen LogP contribution in [-0.2, 0) is 14.8 Å². The van der Waals surface area contributed by atoms with E-state index in [1.165, 1.54) is 27.4 Å². The van der Waals surface area contributed by atoms with Gasteiger partial charge in [0.25, 0.3) is 5.91 Å². The van der Waals surface area contributed by atoms with Gasteiger partial charge in [0.15, 0.2) is 0 Å². The molecule has 0 bridgehead atoms. The first-order valence-corrected chi connectivity index (χ1v) is 9.83. The Hall–Kier alpha value is -1.64. The van der Waals surface area contributed by atoms with Gasteiger partial charge in [0.2, 0.25) is 15.9 Å². The van der Waals surface area contributed by atoms with Crippen molar-refractivity contribution in [3.05, 3.63) is 28.8 Å². The molecule has 1 aromatic carbocycles. The summed E-state index contributed by atoms with van der Waals surface area (Å²) in [5.41, 5.74) is 0.145. The molecule has 0 aromatic heterocycles. The molecule has 7 nitrogen and oxygen atoms in total. The van der Waals surface area contributed by atoms with Crippen LogP contribution in [0.4, 0.5) is 0 Å². The minimum Gasteiger partial charge on any atom is -0.347 e. The molecule has 2 rings (SSSR count).